The fourth-order valence-corrected chi connectivity index (χ4v) is 2.64. The first-order chi connectivity index (χ1) is 12.8. The average Bonchev–Trinajstić information content (AvgIpc) is 2.98. The summed E-state index contributed by atoms with van der Waals surface area (Å²) in [5.74, 6) is -0.609. The second kappa shape index (κ2) is 7.44. The summed E-state index contributed by atoms with van der Waals surface area (Å²) in [6.45, 7) is 3.88. The number of nitrogens with one attached hydrogen (secondary N) is 1. The third kappa shape index (κ3) is 4.31. The third-order valence-electron chi connectivity index (χ3n) is 3.91. The van der Waals surface area contributed by atoms with Gasteiger partial charge in [0.15, 0.2) is 5.76 Å². The molecule has 27 heavy (non-hydrogen) atoms. The summed E-state index contributed by atoms with van der Waals surface area (Å²) in [7, 11) is 0. The molecular weight excluding hydrogens is 359 g/mol. The number of anilines is 1. The van der Waals surface area contributed by atoms with Crippen LogP contribution >= 0.6 is 0 Å². The van der Waals surface area contributed by atoms with E-state index in [-0.39, 0.29) is 24.2 Å². The van der Waals surface area contributed by atoms with Crippen LogP contribution in [0.25, 0.3) is 11.0 Å². The maximum absolute atomic E-state index is 12.9. The highest BCUT2D eigenvalue weighted by molar-refractivity contribution is 6.06. The molecule has 7 heteroatoms. The first kappa shape index (κ1) is 19.0. The van der Waals surface area contributed by atoms with E-state index in [1.54, 1.807) is 18.2 Å². The normalized spacial score (nSPS) is 11.9. The van der Waals surface area contributed by atoms with Gasteiger partial charge in [-0.15, -0.1) is 0 Å². The van der Waals surface area contributed by atoms with E-state index in [2.05, 4.69) is 5.32 Å². The molecule has 2 aromatic carbocycles. The molecule has 0 aliphatic rings. The van der Waals surface area contributed by atoms with Crippen molar-refractivity contribution in [3.8, 4) is 0 Å². The topological polar surface area (TPSA) is 51.5 Å². The molecule has 142 valence electrons. The third-order valence-corrected chi connectivity index (χ3v) is 3.91. The van der Waals surface area contributed by atoms with E-state index in [9.17, 15) is 18.0 Å². The van der Waals surface area contributed by atoms with Gasteiger partial charge in [-0.3, -0.25) is 4.79 Å². The number of ether oxygens (including phenoxy) is 1. The van der Waals surface area contributed by atoms with Crippen LogP contribution in [0.3, 0.4) is 0 Å². The highest BCUT2D eigenvalue weighted by atomic mass is 19.4. The minimum Gasteiger partial charge on any atom is -0.451 e. The molecule has 1 aromatic heterocycles. The van der Waals surface area contributed by atoms with Crippen LogP contribution in [-0.4, -0.2) is 12.0 Å². The zero-order chi connectivity index (χ0) is 19.6. The lowest BCUT2D eigenvalue weighted by Gasteiger charge is -2.10. The summed E-state index contributed by atoms with van der Waals surface area (Å²) in [5.41, 5.74) is 0.261. The Labute approximate surface area is 153 Å². The van der Waals surface area contributed by atoms with Gasteiger partial charge in [-0.25, -0.2) is 0 Å². The molecule has 3 rings (SSSR count). The largest absolute Gasteiger partial charge is 0.451 e. The molecule has 0 aliphatic heterocycles. The van der Waals surface area contributed by atoms with Gasteiger partial charge >= 0.3 is 6.18 Å². The number of fused-ring (bicyclic) bond motifs is 1. The standard InChI is InChI=1S/C20H18F3NO3/c1-12(2)26-11-16-15-8-3-4-9-17(15)27-18(16)19(25)24-14-7-5-6-13(10-14)20(21,22)23/h3-10,12H,11H2,1-2H3,(H,24,25). The van der Waals surface area contributed by atoms with Crippen LogP contribution in [-0.2, 0) is 17.5 Å². The van der Waals surface area contributed by atoms with Crippen LogP contribution in [0.2, 0.25) is 0 Å². The number of amides is 1. The lowest BCUT2D eigenvalue weighted by Crippen LogP contribution is -2.15. The summed E-state index contributed by atoms with van der Waals surface area (Å²) in [5, 5.41) is 3.20. The molecule has 0 radical (unpaired) electrons. The van der Waals surface area contributed by atoms with Gasteiger partial charge in [-0.1, -0.05) is 24.3 Å². The molecule has 0 fully saturated rings. The van der Waals surface area contributed by atoms with E-state index < -0.39 is 17.6 Å². The van der Waals surface area contributed by atoms with E-state index in [0.717, 1.165) is 17.5 Å². The Morgan fingerprint density at radius 2 is 1.89 bits per heavy atom. The molecule has 0 aliphatic carbocycles. The van der Waals surface area contributed by atoms with Crippen molar-refractivity contribution in [3.05, 3.63) is 65.4 Å². The molecule has 0 atom stereocenters. The predicted octanol–water partition coefficient (Wildman–Crippen LogP) is 5.63. The van der Waals surface area contributed by atoms with Gasteiger partial charge in [0, 0.05) is 16.6 Å². The predicted molar refractivity (Wildman–Crippen MR) is 95.5 cm³/mol. The van der Waals surface area contributed by atoms with Crippen LogP contribution in [0.15, 0.2) is 52.9 Å². The number of alkyl halides is 3. The van der Waals surface area contributed by atoms with Crippen molar-refractivity contribution >= 4 is 22.6 Å². The molecule has 0 unspecified atom stereocenters. The van der Waals surface area contributed by atoms with Crippen molar-refractivity contribution in [2.75, 3.05) is 5.32 Å². The molecule has 1 amide bonds. The maximum atomic E-state index is 12.9. The number of hydrogen-bond acceptors (Lipinski definition) is 3. The Morgan fingerprint density at radius 1 is 1.15 bits per heavy atom. The average molecular weight is 377 g/mol. The monoisotopic (exact) mass is 377 g/mol. The first-order valence-electron chi connectivity index (χ1n) is 8.36. The van der Waals surface area contributed by atoms with Crippen molar-refractivity contribution in [1.29, 1.82) is 0 Å². The second-order valence-electron chi connectivity index (χ2n) is 6.30. The summed E-state index contributed by atoms with van der Waals surface area (Å²) in [6, 6.07) is 11.6. The van der Waals surface area contributed by atoms with Crippen molar-refractivity contribution in [3.63, 3.8) is 0 Å². The Bertz CT molecular complexity index is 961. The maximum Gasteiger partial charge on any atom is 0.416 e. The van der Waals surface area contributed by atoms with Gasteiger partial charge in [0.05, 0.1) is 18.3 Å². The van der Waals surface area contributed by atoms with Gasteiger partial charge in [0.1, 0.15) is 5.58 Å². The number of carbonyl (C=O) groups excluding carboxylic acids is 1. The van der Waals surface area contributed by atoms with Gasteiger partial charge in [-0.05, 0) is 38.1 Å². The molecule has 0 saturated carbocycles. The van der Waals surface area contributed by atoms with Gasteiger partial charge < -0.3 is 14.5 Å². The molecule has 1 N–H and O–H groups in total. The number of furan rings is 1. The number of benzene rings is 2. The molecular formula is C20H18F3NO3. The van der Waals surface area contributed by atoms with Gasteiger partial charge in [0.25, 0.3) is 5.91 Å². The van der Waals surface area contributed by atoms with Crippen molar-refractivity contribution in [2.45, 2.75) is 32.7 Å². The van der Waals surface area contributed by atoms with Crippen molar-refractivity contribution < 1.29 is 27.1 Å². The lowest BCUT2D eigenvalue weighted by atomic mass is 10.1. The molecule has 1 heterocycles. The zero-order valence-corrected chi connectivity index (χ0v) is 14.8. The Hall–Kier alpha value is -2.80. The van der Waals surface area contributed by atoms with E-state index >= 15 is 0 Å². The van der Waals surface area contributed by atoms with E-state index in [4.69, 9.17) is 9.15 Å². The number of rotatable bonds is 5. The van der Waals surface area contributed by atoms with Gasteiger partial charge in [-0.2, -0.15) is 13.2 Å². The smallest absolute Gasteiger partial charge is 0.416 e. The van der Waals surface area contributed by atoms with Crippen LogP contribution in [0, 0.1) is 0 Å². The first-order valence-corrected chi connectivity index (χ1v) is 8.36. The van der Waals surface area contributed by atoms with Gasteiger partial charge in [0.2, 0.25) is 0 Å². The second-order valence-corrected chi connectivity index (χ2v) is 6.30. The minimum atomic E-state index is -4.49. The van der Waals surface area contributed by atoms with Crippen molar-refractivity contribution in [1.82, 2.24) is 0 Å². The Morgan fingerprint density at radius 3 is 2.59 bits per heavy atom. The van der Waals surface area contributed by atoms with Crippen LogP contribution in [0.4, 0.5) is 18.9 Å². The highest BCUT2D eigenvalue weighted by Crippen LogP contribution is 2.31. The number of halogens is 3. The van der Waals surface area contributed by atoms with Crippen LogP contribution < -0.4 is 5.32 Å². The summed E-state index contributed by atoms with van der Waals surface area (Å²) < 4.78 is 49.8. The summed E-state index contributed by atoms with van der Waals surface area (Å²) >= 11 is 0. The molecule has 0 saturated heterocycles. The fraction of sp³-hybridized carbons (Fsp3) is 0.250. The SMILES string of the molecule is CC(C)OCc1c(C(=O)Nc2cccc(C(F)(F)F)c2)oc2ccccc12. The molecule has 0 spiro atoms. The summed E-state index contributed by atoms with van der Waals surface area (Å²) in [6.07, 6.45) is -4.55. The van der Waals surface area contributed by atoms with Crippen LogP contribution in [0.5, 0.6) is 0 Å². The number of para-hydroxylation sites is 1. The quantitative estimate of drug-likeness (QED) is 0.627. The molecule has 4 nitrogen and oxygen atoms in total. The minimum absolute atomic E-state index is 0.0225. The number of carbonyl (C=O) groups is 1. The Kier molecular flexibility index (Phi) is 5.23. The molecule has 3 aromatic rings. The summed E-state index contributed by atoms with van der Waals surface area (Å²) in [4.78, 5) is 12.7. The zero-order valence-electron chi connectivity index (χ0n) is 14.8. The Balaban J connectivity index is 1.92. The van der Waals surface area contributed by atoms with E-state index in [1.165, 1.54) is 12.1 Å². The fourth-order valence-electron chi connectivity index (χ4n) is 2.64. The van der Waals surface area contributed by atoms with E-state index in [1.807, 2.05) is 19.9 Å². The van der Waals surface area contributed by atoms with E-state index in [0.29, 0.717) is 11.1 Å². The lowest BCUT2D eigenvalue weighted by molar-refractivity contribution is -0.137. The number of hydrogen-bond donors (Lipinski definition) is 1. The van der Waals surface area contributed by atoms with Crippen molar-refractivity contribution in [2.24, 2.45) is 0 Å². The molecule has 0 bridgehead atoms. The highest BCUT2D eigenvalue weighted by Gasteiger charge is 2.30. The van der Waals surface area contributed by atoms with Crippen LogP contribution in [0.1, 0.15) is 35.5 Å².